The fourth-order valence-corrected chi connectivity index (χ4v) is 1.29. The largest absolute Gasteiger partial charge is 0.361 e. The average Bonchev–Trinajstić information content (AvgIpc) is 2.13. The topological polar surface area (TPSA) is 82.1 Å². The lowest BCUT2D eigenvalue weighted by molar-refractivity contribution is 0.212. The Bertz CT molecular complexity index is 384. The molecule has 0 aliphatic heterocycles. The summed E-state index contributed by atoms with van der Waals surface area (Å²) in [7, 11) is 0. The molecule has 0 saturated heterocycles. The summed E-state index contributed by atoms with van der Waals surface area (Å²) in [6.07, 6.45) is -1.14. The molecule has 1 unspecified atom stereocenters. The summed E-state index contributed by atoms with van der Waals surface area (Å²) >= 11 is 5.90. The number of nitrogens with two attached hydrogens (primary N) is 1. The van der Waals surface area contributed by atoms with Crippen molar-refractivity contribution in [2.75, 3.05) is 5.32 Å². The highest BCUT2D eigenvalue weighted by molar-refractivity contribution is 6.32. The molecule has 0 bridgehead atoms. The normalized spacial score (nSPS) is 11.9. The molecule has 4 nitrogen and oxygen atoms in total. The van der Waals surface area contributed by atoms with Crippen LogP contribution in [0.2, 0.25) is 5.02 Å². The van der Waals surface area contributed by atoms with Gasteiger partial charge in [0.1, 0.15) is 6.07 Å². The molecule has 0 saturated carbocycles. The molecule has 1 atom stereocenters. The van der Waals surface area contributed by atoms with Gasteiger partial charge in [0.25, 0.3) is 0 Å². The predicted octanol–water partition coefficient (Wildman–Crippen LogP) is 1.17. The van der Waals surface area contributed by atoms with E-state index in [2.05, 4.69) is 5.32 Å². The van der Waals surface area contributed by atoms with E-state index in [1.165, 1.54) is 0 Å². The Hall–Kier alpha value is -1.28. The lowest BCUT2D eigenvalue weighted by Crippen LogP contribution is -2.28. The van der Waals surface area contributed by atoms with E-state index in [9.17, 15) is 0 Å². The molecule has 0 aliphatic carbocycles. The zero-order valence-electron chi connectivity index (χ0n) is 7.58. The molecule has 0 heterocycles. The van der Waals surface area contributed by atoms with Crippen molar-refractivity contribution in [3.05, 3.63) is 28.3 Å². The molecule has 14 heavy (non-hydrogen) atoms. The first-order chi connectivity index (χ1) is 6.56. The van der Waals surface area contributed by atoms with Gasteiger partial charge in [-0.25, -0.2) is 0 Å². The number of benzene rings is 1. The molecule has 4 N–H and O–H groups in total. The Labute approximate surface area is 86.9 Å². The quantitative estimate of drug-likeness (QED) is 0.642. The number of anilines is 1. The second-order valence-electron chi connectivity index (χ2n) is 2.80. The monoisotopic (exact) mass is 211 g/mol. The van der Waals surface area contributed by atoms with Crippen molar-refractivity contribution >= 4 is 17.3 Å². The number of hydrogen-bond donors (Lipinski definition) is 3. The molecular weight excluding hydrogens is 202 g/mol. The molecule has 0 aliphatic rings. The third-order valence-electron chi connectivity index (χ3n) is 1.81. The van der Waals surface area contributed by atoms with Gasteiger partial charge in [0, 0.05) is 5.69 Å². The van der Waals surface area contributed by atoms with E-state index in [0.717, 1.165) is 0 Å². The number of nitriles is 1. The fourth-order valence-electron chi connectivity index (χ4n) is 1.09. The maximum absolute atomic E-state index is 8.91. The van der Waals surface area contributed by atoms with Crippen molar-refractivity contribution < 1.29 is 5.11 Å². The van der Waals surface area contributed by atoms with Crippen LogP contribution in [-0.2, 0) is 0 Å². The summed E-state index contributed by atoms with van der Waals surface area (Å²) < 4.78 is 0. The van der Waals surface area contributed by atoms with Crippen LogP contribution in [0, 0.1) is 18.3 Å². The second-order valence-corrected chi connectivity index (χ2v) is 3.18. The zero-order valence-corrected chi connectivity index (χ0v) is 8.34. The highest BCUT2D eigenvalue weighted by Crippen LogP contribution is 2.26. The van der Waals surface area contributed by atoms with Gasteiger partial charge in [-0.2, -0.15) is 5.26 Å². The maximum Gasteiger partial charge on any atom is 0.178 e. The van der Waals surface area contributed by atoms with E-state index in [1.54, 1.807) is 19.1 Å². The molecule has 0 fully saturated rings. The van der Waals surface area contributed by atoms with Gasteiger partial charge in [-0.05, 0) is 24.6 Å². The number of halogens is 1. The maximum atomic E-state index is 8.91. The molecule has 0 spiro atoms. The number of aliphatic hydroxyl groups is 1. The Morgan fingerprint density at radius 2 is 2.29 bits per heavy atom. The van der Waals surface area contributed by atoms with E-state index in [-0.39, 0.29) is 0 Å². The highest BCUT2D eigenvalue weighted by atomic mass is 35.5. The van der Waals surface area contributed by atoms with Crippen molar-refractivity contribution in [2.24, 2.45) is 5.73 Å². The lowest BCUT2D eigenvalue weighted by Gasteiger charge is -2.13. The summed E-state index contributed by atoms with van der Waals surface area (Å²) in [4.78, 5) is 0. The van der Waals surface area contributed by atoms with Crippen molar-refractivity contribution in [2.45, 2.75) is 13.3 Å². The lowest BCUT2D eigenvalue weighted by atomic mass is 10.1. The minimum absolute atomic E-state index is 0.373. The van der Waals surface area contributed by atoms with Crippen LogP contribution in [0.4, 0.5) is 5.69 Å². The van der Waals surface area contributed by atoms with Gasteiger partial charge in [-0.15, -0.1) is 0 Å². The Morgan fingerprint density at radius 1 is 1.64 bits per heavy atom. The van der Waals surface area contributed by atoms with Crippen LogP contribution in [-0.4, -0.2) is 11.5 Å². The smallest absolute Gasteiger partial charge is 0.178 e. The minimum Gasteiger partial charge on any atom is -0.361 e. The van der Waals surface area contributed by atoms with Gasteiger partial charge in [-0.1, -0.05) is 11.6 Å². The Kier molecular flexibility index (Phi) is 3.31. The molecular formula is C9H10ClN3O. The Morgan fingerprint density at radius 3 is 2.79 bits per heavy atom. The summed E-state index contributed by atoms with van der Waals surface area (Å²) in [6.45, 7) is 1.74. The number of nitrogens with one attached hydrogen (secondary N) is 1. The first-order valence-electron chi connectivity index (χ1n) is 3.95. The first kappa shape index (κ1) is 10.8. The molecule has 0 radical (unpaired) electrons. The van der Waals surface area contributed by atoms with Gasteiger partial charge < -0.3 is 10.4 Å². The predicted molar refractivity (Wildman–Crippen MR) is 54.7 cm³/mol. The van der Waals surface area contributed by atoms with Crippen molar-refractivity contribution in [1.29, 1.82) is 5.26 Å². The summed E-state index contributed by atoms with van der Waals surface area (Å²) in [5.74, 6) is 0. The average molecular weight is 212 g/mol. The van der Waals surface area contributed by atoms with Gasteiger partial charge in [0.2, 0.25) is 0 Å². The van der Waals surface area contributed by atoms with Crippen molar-refractivity contribution in [3.63, 3.8) is 0 Å². The van der Waals surface area contributed by atoms with Gasteiger partial charge in [0.05, 0.1) is 10.6 Å². The van der Waals surface area contributed by atoms with Crippen LogP contribution in [0.5, 0.6) is 0 Å². The van der Waals surface area contributed by atoms with Crippen LogP contribution in [0.1, 0.15) is 11.1 Å². The highest BCUT2D eigenvalue weighted by Gasteiger charge is 2.08. The van der Waals surface area contributed by atoms with Crippen LogP contribution in [0.3, 0.4) is 0 Å². The number of hydrogen-bond acceptors (Lipinski definition) is 4. The van der Waals surface area contributed by atoms with E-state index >= 15 is 0 Å². The molecule has 0 aromatic heterocycles. The van der Waals surface area contributed by atoms with Gasteiger partial charge >= 0.3 is 0 Å². The van der Waals surface area contributed by atoms with E-state index in [4.69, 9.17) is 27.7 Å². The van der Waals surface area contributed by atoms with Crippen molar-refractivity contribution in [3.8, 4) is 6.07 Å². The summed E-state index contributed by atoms with van der Waals surface area (Å²) in [5.41, 5.74) is 6.86. The van der Waals surface area contributed by atoms with Crippen LogP contribution in [0.15, 0.2) is 12.1 Å². The SMILES string of the molecule is Cc1c(NC(N)O)ccc(C#N)c1Cl. The Balaban J connectivity index is 3.12. The molecule has 1 aromatic rings. The van der Waals surface area contributed by atoms with Crippen LogP contribution in [0.25, 0.3) is 0 Å². The summed E-state index contributed by atoms with van der Waals surface area (Å²) in [6, 6.07) is 5.18. The number of aliphatic hydroxyl groups excluding tert-OH is 1. The third-order valence-corrected chi connectivity index (χ3v) is 2.30. The first-order valence-corrected chi connectivity index (χ1v) is 4.33. The van der Waals surface area contributed by atoms with Crippen molar-refractivity contribution in [1.82, 2.24) is 0 Å². The number of nitrogens with zero attached hydrogens (tertiary/aromatic N) is 1. The van der Waals surface area contributed by atoms with E-state index < -0.39 is 6.35 Å². The standard InChI is InChI=1S/C9H10ClN3O/c1-5-7(13-9(12)14)3-2-6(4-11)8(5)10/h2-3,9,13-14H,12H2,1H3. The second kappa shape index (κ2) is 4.29. The third kappa shape index (κ3) is 2.15. The van der Waals surface area contributed by atoms with Crippen LogP contribution < -0.4 is 11.1 Å². The molecule has 5 heteroatoms. The van der Waals surface area contributed by atoms with Gasteiger partial charge in [-0.3, -0.25) is 5.73 Å². The zero-order chi connectivity index (χ0) is 10.7. The van der Waals surface area contributed by atoms with Gasteiger partial charge in [0.15, 0.2) is 6.35 Å². The minimum atomic E-state index is -1.14. The molecule has 74 valence electrons. The molecule has 0 amide bonds. The molecule has 1 aromatic carbocycles. The molecule has 1 rings (SSSR count). The van der Waals surface area contributed by atoms with E-state index in [1.807, 2.05) is 6.07 Å². The van der Waals surface area contributed by atoms with Crippen LogP contribution >= 0.6 is 11.6 Å². The number of rotatable bonds is 2. The fraction of sp³-hybridized carbons (Fsp3) is 0.222. The van der Waals surface area contributed by atoms with E-state index in [0.29, 0.717) is 21.8 Å². The summed E-state index contributed by atoms with van der Waals surface area (Å²) in [5, 5.41) is 20.6.